The van der Waals surface area contributed by atoms with Gasteiger partial charge in [0.1, 0.15) is 23.6 Å². The van der Waals surface area contributed by atoms with Gasteiger partial charge in [-0.15, -0.1) is 0 Å². The van der Waals surface area contributed by atoms with Crippen molar-refractivity contribution in [3.8, 4) is 17.3 Å². The second kappa shape index (κ2) is 11.8. The zero-order valence-electron chi connectivity index (χ0n) is 28.2. The third kappa shape index (κ3) is 5.58. The number of alkyl halides is 5. The lowest BCUT2D eigenvalue weighted by molar-refractivity contribution is -0.137. The summed E-state index contributed by atoms with van der Waals surface area (Å²) in [4.78, 5) is 31.1. The van der Waals surface area contributed by atoms with Gasteiger partial charge in [-0.3, -0.25) is 19.4 Å². The van der Waals surface area contributed by atoms with Crippen molar-refractivity contribution in [3.63, 3.8) is 0 Å². The van der Waals surface area contributed by atoms with E-state index in [1.807, 2.05) is 9.80 Å². The van der Waals surface area contributed by atoms with E-state index >= 15 is 4.39 Å². The van der Waals surface area contributed by atoms with Crippen LogP contribution in [0.3, 0.4) is 0 Å². The van der Waals surface area contributed by atoms with E-state index in [-0.39, 0.29) is 72.6 Å². The maximum atomic E-state index is 16.7. The lowest BCUT2D eigenvalue weighted by atomic mass is 9.89. The highest BCUT2D eigenvalue weighted by Gasteiger charge is 2.77. The van der Waals surface area contributed by atoms with E-state index in [4.69, 9.17) is 22.1 Å². The van der Waals surface area contributed by atoms with Crippen LogP contribution in [-0.2, 0) is 19.3 Å². The van der Waals surface area contributed by atoms with Gasteiger partial charge in [0.2, 0.25) is 0 Å². The number of pyridine rings is 1. The van der Waals surface area contributed by atoms with Crippen molar-refractivity contribution in [1.82, 2.24) is 34.5 Å². The van der Waals surface area contributed by atoms with Crippen LogP contribution in [0.5, 0.6) is 6.01 Å². The van der Waals surface area contributed by atoms with Gasteiger partial charge in [-0.2, -0.15) is 28.2 Å². The van der Waals surface area contributed by atoms with Gasteiger partial charge in [-0.1, -0.05) is 11.6 Å². The minimum absolute atomic E-state index is 0.0405. The van der Waals surface area contributed by atoms with Crippen LogP contribution in [0.15, 0.2) is 24.4 Å². The number of nitrogen functional groups attached to an aromatic ring is 1. The molecule has 0 bridgehead atoms. The number of nitrogens with zero attached hydrogens (tertiary/aromatic N) is 8. The van der Waals surface area contributed by atoms with E-state index in [1.165, 1.54) is 11.1 Å². The molecule has 3 fully saturated rings. The monoisotopic (exact) mass is 749 g/mol. The summed E-state index contributed by atoms with van der Waals surface area (Å²) >= 11 is 5.99. The smallest absolute Gasteiger partial charge is 0.418 e. The van der Waals surface area contributed by atoms with Crippen molar-refractivity contribution in [3.05, 3.63) is 52.2 Å². The van der Waals surface area contributed by atoms with Crippen LogP contribution < -0.4 is 15.4 Å². The molecule has 1 saturated carbocycles. The molecular formula is C34H34ClF6N9O2. The number of benzene rings is 1. The maximum Gasteiger partial charge on any atom is 0.418 e. The second-order valence-electron chi connectivity index (χ2n) is 14.5. The number of aromatic nitrogens is 5. The zero-order valence-corrected chi connectivity index (χ0v) is 29.0. The Balaban J connectivity index is 1.23. The number of rotatable bonds is 6. The molecule has 52 heavy (non-hydrogen) atoms. The molecule has 6 heterocycles. The van der Waals surface area contributed by atoms with Gasteiger partial charge in [0.05, 0.1) is 39.2 Å². The number of hydrogen-bond acceptors (Lipinski definition) is 9. The highest BCUT2D eigenvalue weighted by Crippen LogP contribution is 2.69. The van der Waals surface area contributed by atoms with Crippen LogP contribution in [0.25, 0.3) is 22.2 Å². The highest BCUT2D eigenvalue weighted by atomic mass is 35.5. The molecule has 11 nitrogen and oxygen atoms in total. The van der Waals surface area contributed by atoms with Crippen molar-refractivity contribution < 1.29 is 35.9 Å². The average molecular weight is 750 g/mol. The highest BCUT2D eigenvalue weighted by molar-refractivity contribution is 6.32. The van der Waals surface area contributed by atoms with Crippen LogP contribution in [0, 0.1) is 11.2 Å². The number of fused-ring (bicyclic) bond motifs is 3. The molecule has 1 spiro atoms. The molecule has 3 aliphatic heterocycles. The molecule has 1 aliphatic carbocycles. The van der Waals surface area contributed by atoms with Gasteiger partial charge in [0, 0.05) is 57.6 Å². The SMILES string of the molecule is CN(C)C(=O)c1cc2n(n1)CCCN(c1nc(OC[C@@]34CCCN3C[C@@]3(CC3(F)F)C4)nc3c(F)c(-c4cc(N)cc(Cl)c4C(F)(F)F)ncc13)C2. The number of carbonyl (C=O) groups excluding carboxylic acids is 1. The fraction of sp³-hybridized carbons (Fsp3) is 0.500. The number of ether oxygens (including phenoxy) is 1. The standard InChI is InChI=1S/C34H34ClF6N9O2/c1-47(2)29(51)23-11-19-13-48(6-4-8-50(19)46-23)28-21-12-43-26(20-9-18(42)10-22(35)24(20)34(39,40)41)25(36)27(21)44-30(45-28)52-17-32-5-3-7-49(32)16-31(14-32)15-33(31,37)38/h9-12H,3-8,13-17,42H2,1-2H3/t31-,32-/m0/s1. The van der Waals surface area contributed by atoms with Gasteiger partial charge < -0.3 is 20.3 Å². The molecule has 2 N–H and O–H groups in total. The minimum atomic E-state index is -4.97. The molecular weight excluding hydrogens is 716 g/mol. The summed E-state index contributed by atoms with van der Waals surface area (Å²) in [6, 6.07) is 3.27. The predicted octanol–water partition coefficient (Wildman–Crippen LogP) is 6.04. The lowest BCUT2D eigenvalue weighted by Gasteiger charge is -2.31. The molecule has 1 amide bonds. The minimum Gasteiger partial charge on any atom is -0.461 e. The number of halogens is 7. The van der Waals surface area contributed by atoms with Gasteiger partial charge in [0.25, 0.3) is 11.8 Å². The first-order valence-corrected chi connectivity index (χ1v) is 17.2. The molecule has 276 valence electrons. The van der Waals surface area contributed by atoms with Gasteiger partial charge in [-0.05, 0) is 50.4 Å². The largest absolute Gasteiger partial charge is 0.461 e. The lowest BCUT2D eigenvalue weighted by Crippen LogP contribution is -2.43. The number of carbonyl (C=O) groups is 1. The van der Waals surface area contributed by atoms with Crippen LogP contribution >= 0.6 is 11.6 Å². The van der Waals surface area contributed by atoms with Crippen LogP contribution in [0.1, 0.15) is 53.8 Å². The molecule has 2 saturated heterocycles. The first kappa shape index (κ1) is 34.7. The Labute approximate surface area is 298 Å². The van der Waals surface area contributed by atoms with E-state index in [2.05, 4.69) is 20.1 Å². The van der Waals surface area contributed by atoms with E-state index in [0.29, 0.717) is 38.2 Å². The number of amides is 1. The van der Waals surface area contributed by atoms with Crippen molar-refractivity contribution in [2.24, 2.45) is 5.41 Å². The molecule has 8 rings (SSSR count). The molecule has 0 unspecified atom stereocenters. The van der Waals surface area contributed by atoms with Crippen molar-refractivity contribution in [2.75, 3.05) is 51.0 Å². The Morgan fingerprint density at radius 1 is 1.10 bits per heavy atom. The topological polar surface area (TPSA) is 119 Å². The molecule has 4 aliphatic rings. The summed E-state index contributed by atoms with van der Waals surface area (Å²) in [6.07, 6.45) is -1.77. The Morgan fingerprint density at radius 2 is 1.87 bits per heavy atom. The second-order valence-corrected chi connectivity index (χ2v) is 14.9. The van der Waals surface area contributed by atoms with Crippen LogP contribution in [0.2, 0.25) is 5.02 Å². The maximum absolute atomic E-state index is 16.7. The van der Waals surface area contributed by atoms with Crippen LogP contribution in [-0.4, -0.2) is 92.2 Å². The number of anilines is 2. The fourth-order valence-corrected chi connectivity index (χ4v) is 8.58. The van der Waals surface area contributed by atoms with E-state index < -0.39 is 50.7 Å². The quantitative estimate of drug-likeness (QED) is 0.186. The van der Waals surface area contributed by atoms with Gasteiger partial charge in [0.15, 0.2) is 11.5 Å². The molecule has 3 aromatic heterocycles. The molecule has 18 heteroatoms. The summed E-state index contributed by atoms with van der Waals surface area (Å²) in [7, 11) is 3.23. The summed E-state index contributed by atoms with van der Waals surface area (Å²) < 4.78 is 96.4. The normalized spacial score (nSPS) is 23.9. The Bertz CT molecular complexity index is 2130. The Hall–Kier alpha value is -4.38. The van der Waals surface area contributed by atoms with E-state index in [9.17, 15) is 26.7 Å². The summed E-state index contributed by atoms with van der Waals surface area (Å²) in [5.41, 5.74) is 1.82. The third-order valence-corrected chi connectivity index (χ3v) is 11.1. The first-order valence-electron chi connectivity index (χ1n) is 16.8. The molecule has 2 atom stereocenters. The Kier molecular flexibility index (Phi) is 7.88. The van der Waals surface area contributed by atoms with Gasteiger partial charge in [-0.25, -0.2) is 13.2 Å². The van der Waals surface area contributed by atoms with Crippen LogP contribution in [0.4, 0.5) is 37.8 Å². The molecule has 1 aromatic carbocycles. The zero-order chi connectivity index (χ0) is 37.0. The third-order valence-electron chi connectivity index (χ3n) is 10.8. The van der Waals surface area contributed by atoms with E-state index in [0.717, 1.165) is 18.6 Å². The molecule has 4 aromatic rings. The first-order chi connectivity index (χ1) is 24.5. The number of hydrogen-bond donors (Lipinski definition) is 1. The summed E-state index contributed by atoms with van der Waals surface area (Å²) in [6.45, 7) is 1.90. The fourth-order valence-electron chi connectivity index (χ4n) is 8.24. The molecule has 0 radical (unpaired) electrons. The van der Waals surface area contributed by atoms with Crippen molar-refractivity contribution in [2.45, 2.75) is 62.8 Å². The predicted molar refractivity (Wildman–Crippen MR) is 179 cm³/mol. The summed E-state index contributed by atoms with van der Waals surface area (Å²) in [5.74, 6) is -4.03. The Morgan fingerprint density at radius 3 is 2.58 bits per heavy atom. The van der Waals surface area contributed by atoms with Crippen molar-refractivity contribution >= 4 is 39.9 Å². The number of nitrogens with two attached hydrogens (primary N) is 1. The summed E-state index contributed by atoms with van der Waals surface area (Å²) in [5, 5.41) is 3.84. The number of aryl methyl sites for hydroxylation is 1. The van der Waals surface area contributed by atoms with Crippen molar-refractivity contribution in [1.29, 1.82) is 0 Å². The van der Waals surface area contributed by atoms with E-state index in [1.54, 1.807) is 24.8 Å². The average Bonchev–Trinajstić information content (AvgIpc) is 3.35. The van der Waals surface area contributed by atoms with Gasteiger partial charge >= 0.3 is 12.2 Å².